The molecule has 0 spiro atoms. The van der Waals surface area contributed by atoms with E-state index in [-0.39, 0.29) is 11.3 Å². The molecular weight excluding hydrogens is 270 g/mol. The molecule has 20 heavy (non-hydrogen) atoms. The highest BCUT2D eigenvalue weighted by molar-refractivity contribution is 7.99. The quantitative estimate of drug-likeness (QED) is 0.893. The zero-order valence-electron chi connectivity index (χ0n) is 11.6. The minimum Gasteiger partial charge on any atom is -0.387 e. The van der Waals surface area contributed by atoms with Crippen molar-refractivity contribution in [2.75, 3.05) is 18.1 Å². The number of carbonyl (C=O) groups excluding carboxylic acids is 1. The Hall–Kier alpha value is -1.00. The lowest BCUT2D eigenvalue weighted by atomic mass is 9.64. The maximum atomic E-state index is 12.6. The molecule has 4 heteroatoms. The molecule has 1 saturated heterocycles. The largest absolute Gasteiger partial charge is 0.387 e. The molecule has 1 aliphatic carbocycles. The first-order chi connectivity index (χ1) is 9.65. The van der Waals surface area contributed by atoms with E-state index >= 15 is 0 Å². The number of hydrogen-bond donors (Lipinski definition) is 2. The minimum atomic E-state index is -0.706. The number of thioether (sulfide) groups is 1. The van der Waals surface area contributed by atoms with Crippen molar-refractivity contribution in [3.8, 4) is 0 Å². The molecule has 1 aromatic rings. The average molecular weight is 291 g/mol. The molecule has 1 aromatic carbocycles. The molecule has 1 aliphatic heterocycles. The van der Waals surface area contributed by atoms with E-state index in [2.05, 4.69) is 5.32 Å². The van der Waals surface area contributed by atoms with Gasteiger partial charge in [-0.05, 0) is 30.6 Å². The van der Waals surface area contributed by atoms with Crippen LogP contribution in [0.5, 0.6) is 0 Å². The summed E-state index contributed by atoms with van der Waals surface area (Å²) in [5.41, 5.74) is 0.0437. The van der Waals surface area contributed by atoms with Gasteiger partial charge < -0.3 is 10.4 Å². The highest BCUT2D eigenvalue weighted by Gasteiger charge is 2.46. The Morgan fingerprint density at radius 2 is 2.00 bits per heavy atom. The van der Waals surface area contributed by atoms with Crippen LogP contribution in [0.15, 0.2) is 30.3 Å². The predicted molar refractivity (Wildman–Crippen MR) is 81.9 cm³/mol. The van der Waals surface area contributed by atoms with Crippen LogP contribution in [0.25, 0.3) is 0 Å². The van der Waals surface area contributed by atoms with E-state index in [1.807, 2.05) is 30.3 Å². The Labute approximate surface area is 124 Å². The van der Waals surface area contributed by atoms with Crippen LogP contribution in [0.1, 0.15) is 31.2 Å². The van der Waals surface area contributed by atoms with Crippen LogP contribution >= 0.6 is 11.8 Å². The van der Waals surface area contributed by atoms with Crippen LogP contribution in [0.3, 0.4) is 0 Å². The van der Waals surface area contributed by atoms with Gasteiger partial charge in [-0.15, -0.1) is 0 Å². The van der Waals surface area contributed by atoms with Gasteiger partial charge in [0, 0.05) is 12.3 Å². The van der Waals surface area contributed by atoms with Gasteiger partial charge in [0.05, 0.1) is 11.0 Å². The Balaban J connectivity index is 1.69. The summed E-state index contributed by atoms with van der Waals surface area (Å²) in [5, 5.41) is 13.3. The van der Waals surface area contributed by atoms with E-state index in [0.717, 1.165) is 42.8 Å². The Morgan fingerprint density at radius 1 is 1.25 bits per heavy atom. The maximum Gasteiger partial charge on any atom is 0.230 e. The number of hydrogen-bond acceptors (Lipinski definition) is 3. The predicted octanol–water partition coefficient (Wildman–Crippen LogP) is 2.09. The second-order valence-corrected chi connectivity index (χ2v) is 7.12. The fraction of sp³-hybridized carbons (Fsp3) is 0.562. The molecule has 3 nitrogen and oxygen atoms in total. The SMILES string of the molecule is O=C(NCC1(O)CCSC1)C1(c2ccccc2)CCC1. The minimum absolute atomic E-state index is 0.0836. The van der Waals surface area contributed by atoms with Gasteiger partial charge >= 0.3 is 0 Å². The van der Waals surface area contributed by atoms with Crippen molar-refractivity contribution in [2.45, 2.75) is 36.7 Å². The standard InChI is InChI=1S/C16H21NO2S/c18-14(17-11-15(19)9-10-20-12-15)16(7-4-8-16)13-5-2-1-3-6-13/h1-3,5-6,19H,4,7-12H2,(H,17,18). The smallest absolute Gasteiger partial charge is 0.230 e. The van der Waals surface area contributed by atoms with E-state index in [1.165, 1.54) is 0 Å². The van der Waals surface area contributed by atoms with Crippen LogP contribution in [0, 0.1) is 0 Å². The molecule has 2 aliphatic rings. The van der Waals surface area contributed by atoms with Gasteiger partial charge in [0.25, 0.3) is 0 Å². The van der Waals surface area contributed by atoms with E-state index in [4.69, 9.17) is 0 Å². The molecular formula is C16H21NO2S. The van der Waals surface area contributed by atoms with Crippen LogP contribution < -0.4 is 5.32 Å². The Morgan fingerprint density at radius 3 is 2.55 bits per heavy atom. The van der Waals surface area contributed by atoms with Gasteiger partial charge in [-0.2, -0.15) is 11.8 Å². The molecule has 1 unspecified atom stereocenters. The van der Waals surface area contributed by atoms with Crippen LogP contribution in [0.4, 0.5) is 0 Å². The molecule has 1 atom stereocenters. The first-order valence-corrected chi connectivity index (χ1v) is 8.44. The maximum absolute atomic E-state index is 12.6. The summed E-state index contributed by atoms with van der Waals surface area (Å²) in [6, 6.07) is 10.0. The van der Waals surface area contributed by atoms with Crippen molar-refractivity contribution in [3.05, 3.63) is 35.9 Å². The molecule has 1 amide bonds. The van der Waals surface area contributed by atoms with Crippen LogP contribution in [-0.2, 0) is 10.2 Å². The first kappa shape index (κ1) is 14.0. The molecule has 0 radical (unpaired) electrons. The summed E-state index contributed by atoms with van der Waals surface area (Å²) in [4.78, 5) is 12.6. The third kappa shape index (κ3) is 2.47. The highest BCUT2D eigenvalue weighted by atomic mass is 32.2. The van der Waals surface area contributed by atoms with E-state index < -0.39 is 5.60 Å². The molecule has 0 aromatic heterocycles. The zero-order valence-corrected chi connectivity index (χ0v) is 12.4. The molecule has 0 bridgehead atoms. The van der Waals surface area contributed by atoms with Gasteiger partial charge in [0.2, 0.25) is 5.91 Å². The summed E-state index contributed by atoms with van der Waals surface area (Å²) in [6.45, 7) is 0.382. The number of rotatable bonds is 4. The molecule has 2 fully saturated rings. The third-order valence-electron chi connectivity index (χ3n) is 4.63. The van der Waals surface area contributed by atoms with Crippen molar-refractivity contribution in [1.29, 1.82) is 0 Å². The van der Waals surface area contributed by atoms with Gasteiger partial charge in [-0.3, -0.25) is 4.79 Å². The summed E-state index contributed by atoms with van der Waals surface area (Å²) in [6.07, 6.45) is 3.70. The summed E-state index contributed by atoms with van der Waals surface area (Å²) in [5.74, 6) is 1.79. The average Bonchev–Trinajstić information content (AvgIpc) is 2.84. The molecule has 2 N–H and O–H groups in total. The lowest BCUT2D eigenvalue weighted by Crippen LogP contribution is -2.53. The number of carbonyl (C=O) groups is 1. The summed E-state index contributed by atoms with van der Waals surface area (Å²) >= 11 is 1.76. The molecule has 108 valence electrons. The zero-order chi connectivity index (χ0) is 14.1. The third-order valence-corrected chi connectivity index (χ3v) is 5.86. The number of aliphatic hydroxyl groups is 1. The van der Waals surface area contributed by atoms with E-state index in [0.29, 0.717) is 6.54 Å². The van der Waals surface area contributed by atoms with Crippen molar-refractivity contribution < 1.29 is 9.90 Å². The number of amides is 1. The van der Waals surface area contributed by atoms with Gasteiger partial charge in [0.1, 0.15) is 0 Å². The van der Waals surface area contributed by atoms with E-state index in [9.17, 15) is 9.90 Å². The highest BCUT2D eigenvalue weighted by Crippen LogP contribution is 2.44. The molecule has 3 rings (SSSR count). The van der Waals surface area contributed by atoms with Gasteiger partial charge in [-0.1, -0.05) is 36.8 Å². The van der Waals surface area contributed by atoms with Crippen molar-refractivity contribution in [2.24, 2.45) is 0 Å². The van der Waals surface area contributed by atoms with Crippen LogP contribution in [-0.4, -0.2) is 34.7 Å². The van der Waals surface area contributed by atoms with Crippen molar-refractivity contribution in [1.82, 2.24) is 5.32 Å². The Bertz CT molecular complexity index is 479. The molecule has 1 heterocycles. The lowest BCUT2D eigenvalue weighted by Gasteiger charge is -2.41. The normalized spacial score (nSPS) is 27.9. The van der Waals surface area contributed by atoms with Gasteiger partial charge in [0.15, 0.2) is 0 Å². The summed E-state index contributed by atoms with van der Waals surface area (Å²) in [7, 11) is 0. The van der Waals surface area contributed by atoms with Crippen molar-refractivity contribution in [3.63, 3.8) is 0 Å². The summed E-state index contributed by atoms with van der Waals surface area (Å²) < 4.78 is 0. The first-order valence-electron chi connectivity index (χ1n) is 7.29. The van der Waals surface area contributed by atoms with E-state index in [1.54, 1.807) is 11.8 Å². The fourth-order valence-corrected chi connectivity index (χ4v) is 4.38. The lowest BCUT2D eigenvalue weighted by molar-refractivity contribution is -0.131. The monoisotopic (exact) mass is 291 g/mol. The van der Waals surface area contributed by atoms with Crippen molar-refractivity contribution >= 4 is 17.7 Å². The topological polar surface area (TPSA) is 49.3 Å². The van der Waals surface area contributed by atoms with Crippen LogP contribution in [0.2, 0.25) is 0 Å². The number of nitrogens with one attached hydrogen (secondary N) is 1. The Kier molecular flexibility index (Phi) is 3.78. The fourth-order valence-electron chi connectivity index (χ4n) is 3.08. The molecule has 1 saturated carbocycles. The van der Waals surface area contributed by atoms with Gasteiger partial charge in [-0.25, -0.2) is 0 Å². The number of benzene rings is 1. The second kappa shape index (κ2) is 5.41. The second-order valence-electron chi connectivity index (χ2n) is 6.01.